The van der Waals surface area contributed by atoms with Crippen molar-refractivity contribution in [1.29, 1.82) is 0 Å². The van der Waals surface area contributed by atoms with Crippen LogP contribution >= 0.6 is 11.3 Å². The number of rotatable bonds is 4. The van der Waals surface area contributed by atoms with Crippen molar-refractivity contribution in [3.8, 4) is 0 Å². The second kappa shape index (κ2) is 7.21. The molecule has 6 nitrogen and oxygen atoms in total. The zero-order valence-corrected chi connectivity index (χ0v) is 17.3. The Bertz CT molecular complexity index is 1130. The summed E-state index contributed by atoms with van der Waals surface area (Å²) in [7, 11) is 0. The summed E-state index contributed by atoms with van der Waals surface area (Å²) in [6.45, 7) is 0.0558. The molecule has 30 heavy (non-hydrogen) atoms. The molecule has 0 spiro atoms. The fourth-order valence-electron chi connectivity index (χ4n) is 4.56. The number of fused-ring (bicyclic) bond motifs is 3. The molecule has 0 radical (unpaired) electrons. The molecule has 5 rings (SSSR count). The minimum Gasteiger partial charge on any atom is -0.350 e. The molecule has 1 fully saturated rings. The number of carbonyl (C=O) groups is 2. The Labute approximate surface area is 177 Å². The third-order valence-corrected chi connectivity index (χ3v) is 7.09. The van der Waals surface area contributed by atoms with E-state index >= 15 is 0 Å². The molecule has 1 unspecified atom stereocenters. The number of hydrogen-bond donors (Lipinski definition) is 2. The summed E-state index contributed by atoms with van der Waals surface area (Å²) in [6.07, 6.45) is 3.95. The molecule has 0 bridgehead atoms. The maximum atomic E-state index is 14.4. The number of nitrogens with one attached hydrogen (secondary N) is 1. The van der Waals surface area contributed by atoms with Crippen molar-refractivity contribution in [2.75, 3.05) is 0 Å². The number of aromatic nitrogens is 1. The number of carbonyl (C=O) groups excluding carboxylic acids is 2. The van der Waals surface area contributed by atoms with Crippen LogP contribution < -0.4 is 11.1 Å². The first-order chi connectivity index (χ1) is 14.5. The van der Waals surface area contributed by atoms with Crippen LogP contribution in [0.25, 0.3) is 10.2 Å². The van der Waals surface area contributed by atoms with Crippen LogP contribution in [0.15, 0.2) is 41.8 Å². The first kappa shape index (κ1) is 19.3. The largest absolute Gasteiger partial charge is 0.350 e. The van der Waals surface area contributed by atoms with Crippen molar-refractivity contribution in [3.63, 3.8) is 0 Å². The molecule has 0 saturated heterocycles. The highest BCUT2D eigenvalue weighted by atomic mass is 32.1. The minimum absolute atomic E-state index is 0.0653. The monoisotopic (exact) mass is 426 g/mol. The molecule has 1 saturated carbocycles. The van der Waals surface area contributed by atoms with Gasteiger partial charge in [0.25, 0.3) is 11.8 Å². The molecule has 3 heterocycles. The van der Waals surface area contributed by atoms with Crippen LogP contribution in [0.2, 0.25) is 0 Å². The SMILES string of the molecule is NC1(C(=O)NC2CCCC2)Cn2c(cc3sccc32)C(=O)N1Cc1ccccc1F. The first-order valence-electron chi connectivity index (χ1n) is 10.2. The van der Waals surface area contributed by atoms with E-state index in [2.05, 4.69) is 5.32 Å². The Morgan fingerprint density at radius 3 is 2.80 bits per heavy atom. The van der Waals surface area contributed by atoms with E-state index in [1.54, 1.807) is 18.2 Å². The highest BCUT2D eigenvalue weighted by molar-refractivity contribution is 7.17. The van der Waals surface area contributed by atoms with E-state index in [1.165, 1.54) is 22.3 Å². The molecular formula is C22H23FN4O2S. The van der Waals surface area contributed by atoms with Crippen LogP contribution in [0.3, 0.4) is 0 Å². The molecule has 2 amide bonds. The van der Waals surface area contributed by atoms with Crippen LogP contribution in [-0.2, 0) is 17.9 Å². The van der Waals surface area contributed by atoms with E-state index < -0.39 is 11.5 Å². The number of hydrogen-bond acceptors (Lipinski definition) is 4. The Hall–Kier alpha value is -2.71. The van der Waals surface area contributed by atoms with Crippen LogP contribution in [0.4, 0.5) is 4.39 Å². The molecule has 1 atom stereocenters. The lowest BCUT2D eigenvalue weighted by atomic mass is 10.0. The Balaban J connectivity index is 1.57. The lowest BCUT2D eigenvalue weighted by Gasteiger charge is -2.44. The summed E-state index contributed by atoms with van der Waals surface area (Å²) in [4.78, 5) is 28.2. The molecule has 1 aromatic carbocycles. The van der Waals surface area contributed by atoms with Gasteiger partial charge in [-0.25, -0.2) is 4.39 Å². The molecular weight excluding hydrogens is 403 g/mol. The lowest BCUT2D eigenvalue weighted by molar-refractivity contribution is -0.134. The van der Waals surface area contributed by atoms with Crippen LogP contribution in [0.1, 0.15) is 41.7 Å². The molecule has 2 aromatic heterocycles. The van der Waals surface area contributed by atoms with Gasteiger partial charge in [-0.3, -0.25) is 15.3 Å². The predicted octanol–water partition coefficient (Wildman–Crippen LogP) is 3.21. The van der Waals surface area contributed by atoms with Gasteiger partial charge in [0.05, 0.1) is 23.3 Å². The van der Waals surface area contributed by atoms with Crippen LogP contribution in [0, 0.1) is 5.82 Å². The second-order valence-electron chi connectivity index (χ2n) is 8.15. The average molecular weight is 427 g/mol. The van der Waals surface area contributed by atoms with Gasteiger partial charge in [-0.2, -0.15) is 0 Å². The van der Waals surface area contributed by atoms with Crippen molar-refractivity contribution in [3.05, 3.63) is 58.9 Å². The van der Waals surface area contributed by atoms with Crippen molar-refractivity contribution < 1.29 is 14.0 Å². The van der Waals surface area contributed by atoms with Crippen molar-refractivity contribution in [1.82, 2.24) is 14.8 Å². The van der Waals surface area contributed by atoms with Gasteiger partial charge in [-0.1, -0.05) is 31.0 Å². The number of thiophene rings is 1. The Morgan fingerprint density at radius 2 is 2.03 bits per heavy atom. The number of nitrogens with two attached hydrogens (primary N) is 1. The smallest absolute Gasteiger partial charge is 0.272 e. The van der Waals surface area contributed by atoms with E-state index in [0.717, 1.165) is 35.9 Å². The van der Waals surface area contributed by atoms with Gasteiger partial charge in [0.1, 0.15) is 11.5 Å². The standard InChI is InChI=1S/C22H23FN4O2S/c23-16-8-4-1-5-14(16)12-27-20(28)18-11-19-17(9-10-30-19)26(18)13-22(27,24)21(29)25-15-6-2-3-7-15/h1,4-5,8-11,15H,2-3,6-7,12-13,24H2,(H,25,29). The highest BCUT2D eigenvalue weighted by Crippen LogP contribution is 2.34. The summed E-state index contributed by atoms with van der Waals surface area (Å²) in [5.74, 6) is -1.18. The zero-order chi connectivity index (χ0) is 20.9. The molecule has 156 valence electrons. The molecule has 3 aromatic rings. The summed E-state index contributed by atoms with van der Waals surface area (Å²) in [6, 6.07) is 10.1. The van der Waals surface area contributed by atoms with Crippen molar-refractivity contribution in [2.24, 2.45) is 5.73 Å². The van der Waals surface area contributed by atoms with E-state index in [4.69, 9.17) is 5.73 Å². The third-order valence-electron chi connectivity index (χ3n) is 6.24. The van der Waals surface area contributed by atoms with E-state index in [9.17, 15) is 14.0 Å². The van der Waals surface area contributed by atoms with Gasteiger partial charge in [-0.05, 0) is 36.4 Å². The number of nitrogens with zero attached hydrogens (tertiary/aromatic N) is 2. The van der Waals surface area contributed by atoms with Gasteiger partial charge < -0.3 is 14.8 Å². The lowest BCUT2D eigenvalue weighted by Crippen LogP contribution is -2.71. The van der Waals surface area contributed by atoms with Crippen molar-refractivity contribution >= 4 is 33.4 Å². The predicted molar refractivity (Wildman–Crippen MR) is 113 cm³/mol. The van der Waals surface area contributed by atoms with Gasteiger partial charge >= 0.3 is 0 Å². The molecule has 3 N–H and O–H groups in total. The number of halogens is 1. The van der Waals surface area contributed by atoms with Gasteiger partial charge in [0.15, 0.2) is 5.66 Å². The van der Waals surface area contributed by atoms with E-state index in [-0.39, 0.29) is 30.9 Å². The van der Waals surface area contributed by atoms with E-state index in [1.807, 2.05) is 22.1 Å². The molecule has 8 heteroatoms. The quantitative estimate of drug-likeness (QED) is 0.672. The summed E-state index contributed by atoms with van der Waals surface area (Å²) in [5.41, 5.74) is 6.78. The maximum absolute atomic E-state index is 14.4. The topological polar surface area (TPSA) is 80.4 Å². The summed E-state index contributed by atoms with van der Waals surface area (Å²) < 4.78 is 17.2. The number of benzene rings is 1. The summed E-state index contributed by atoms with van der Waals surface area (Å²) >= 11 is 1.53. The van der Waals surface area contributed by atoms with Gasteiger partial charge in [-0.15, -0.1) is 11.3 Å². The second-order valence-corrected chi connectivity index (χ2v) is 9.10. The normalized spacial score (nSPS) is 21.9. The Morgan fingerprint density at radius 1 is 1.27 bits per heavy atom. The van der Waals surface area contributed by atoms with Gasteiger partial charge in [0, 0.05) is 11.6 Å². The number of amides is 2. The van der Waals surface area contributed by atoms with E-state index in [0.29, 0.717) is 11.3 Å². The van der Waals surface area contributed by atoms with Gasteiger partial charge in [0.2, 0.25) is 0 Å². The fraction of sp³-hybridized carbons (Fsp3) is 0.364. The van der Waals surface area contributed by atoms with Crippen LogP contribution in [0.5, 0.6) is 0 Å². The zero-order valence-electron chi connectivity index (χ0n) is 16.4. The van der Waals surface area contributed by atoms with Crippen molar-refractivity contribution in [2.45, 2.75) is 50.5 Å². The fourth-order valence-corrected chi connectivity index (χ4v) is 5.38. The first-order valence-corrected chi connectivity index (χ1v) is 11.1. The van der Waals surface area contributed by atoms with Crippen LogP contribution in [-0.4, -0.2) is 33.0 Å². The molecule has 2 aliphatic rings. The average Bonchev–Trinajstić information content (AvgIpc) is 3.45. The molecule has 1 aliphatic heterocycles. The Kier molecular flexibility index (Phi) is 4.63. The highest BCUT2D eigenvalue weighted by Gasteiger charge is 2.49. The maximum Gasteiger partial charge on any atom is 0.272 e. The molecule has 1 aliphatic carbocycles. The third kappa shape index (κ3) is 3.02. The minimum atomic E-state index is -1.61. The summed E-state index contributed by atoms with van der Waals surface area (Å²) in [5, 5.41) is 4.99.